The molecule has 1 aromatic heterocycles. The lowest BCUT2D eigenvalue weighted by atomic mass is 10.2. The molecule has 1 heterocycles. The smallest absolute Gasteiger partial charge is 0.257 e. The number of aryl methyl sites for hydroxylation is 1. The molecule has 1 aromatic carbocycles. The van der Waals surface area contributed by atoms with Gasteiger partial charge in [-0.1, -0.05) is 29.3 Å². The fourth-order valence-corrected chi connectivity index (χ4v) is 2.47. The SMILES string of the molecule is Cc1nc(S(N)(=O)=O)cn1Cc1ccc(Cl)c(Cl)c1. The van der Waals surface area contributed by atoms with Crippen LogP contribution in [0.25, 0.3) is 0 Å². The van der Waals surface area contributed by atoms with Crippen LogP contribution in [0.1, 0.15) is 11.4 Å². The van der Waals surface area contributed by atoms with Crippen molar-refractivity contribution in [1.29, 1.82) is 0 Å². The van der Waals surface area contributed by atoms with Gasteiger partial charge in [0.15, 0.2) is 5.03 Å². The van der Waals surface area contributed by atoms with E-state index < -0.39 is 10.0 Å². The summed E-state index contributed by atoms with van der Waals surface area (Å²) in [6.45, 7) is 2.14. The van der Waals surface area contributed by atoms with Crippen LogP contribution in [-0.4, -0.2) is 18.0 Å². The van der Waals surface area contributed by atoms with Gasteiger partial charge in [0.2, 0.25) is 0 Å². The average molecular weight is 320 g/mol. The van der Waals surface area contributed by atoms with Gasteiger partial charge in [-0.15, -0.1) is 0 Å². The van der Waals surface area contributed by atoms with Crippen molar-refractivity contribution in [2.75, 3.05) is 0 Å². The monoisotopic (exact) mass is 319 g/mol. The number of imidazole rings is 1. The number of hydrogen-bond acceptors (Lipinski definition) is 3. The molecule has 19 heavy (non-hydrogen) atoms. The lowest BCUT2D eigenvalue weighted by Crippen LogP contribution is -2.12. The first-order chi connectivity index (χ1) is 8.77. The first-order valence-electron chi connectivity index (χ1n) is 5.28. The highest BCUT2D eigenvalue weighted by molar-refractivity contribution is 7.89. The molecule has 8 heteroatoms. The molecule has 0 saturated carbocycles. The average Bonchev–Trinajstić information content (AvgIpc) is 2.65. The molecule has 102 valence electrons. The molecule has 0 fully saturated rings. The highest BCUT2D eigenvalue weighted by Crippen LogP contribution is 2.23. The van der Waals surface area contributed by atoms with Gasteiger partial charge in [-0.3, -0.25) is 0 Å². The highest BCUT2D eigenvalue weighted by atomic mass is 35.5. The summed E-state index contributed by atoms with van der Waals surface area (Å²) in [4.78, 5) is 3.91. The fraction of sp³-hybridized carbons (Fsp3) is 0.182. The Labute approximate surface area is 121 Å². The molecule has 2 N–H and O–H groups in total. The summed E-state index contributed by atoms with van der Waals surface area (Å²) in [6, 6.07) is 5.22. The Kier molecular flexibility index (Phi) is 3.87. The van der Waals surface area contributed by atoms with E-state index in [2.05, 4.69) is 4.98 Å². The molecule has 0 saturated heterocycles. The van der Waals surface area contributed by atoms with Gasteiger partial charge in [-0.25, -0.2) is 18.5 Å². The largest absolute Gasteiger partial charge is 0.329 e. The zero-order chi connectivity index (χ0) is 14.2. The minimum atomic E-state index is -3.79. The minimum Gasteiger partial charge on any atom is -0.329 e. The number of aromatic nitrogens is 2. The molecular formula is C11H11Cl2N3O2S. The zero-order valence-electron chi connectivity index (χ0n) is 9.97. The molecule has 2 aromatic rings. The van der Waals surface area contributed by atoms with Crippen LogP contribution >= 0.6 is 23.2 Å². The summed E-state index contributed by atoms with van der Waals surface area (Å²) < 4.78 is 24.1. The molecule has 0 aliphatic carbocycles. The van der Waals surface area contributed by atoms with Gasteiger partial charge >= 0.3 is 0 Å². The topological polar surface area (TPSA) is 78.0 Å². The molecule has 0 bridgehead atoms. The fourth-order valence-electron chi connectivity index (χ4n) is 1.61. The number of nitrogens with two attached hydrogens (primary N) is 1. The van der Waals surface area contributed by atoms with Crippen LogP contribution in [0, 0.1) is 6.92 Å². The van der Waals surface area contributed by atoms with E-state index in [0.717, 1.165) is 5.56 Å². The summed E-state index contributed by atoms with van der Waals surface area (Å²) >= 11 is 11.8. The first-order valence-corrected chi connectivity index (χ1v) is 7.58. The second kappa shape index (κ2) is 5.13. The van der Waals surface area contributed by atoms with Crippen LogP contribution in [0.3, 0.4) is 0 Å². The van der Waals surface area contributed by atoms with E-state index in [-0.39, 0.29) is 5.03 Å². The highest BCUT2D eigenvalue weighted by Gasteiger charge is 2.14. The molecule has 0 amide bonds. The number of rotatable bonds is 3. The molecule has 0 unspecified atom stereocenters. The van der Waals surface area contributed by atoms with Crippen LogP contribution in [0.2, 0.25) is 10.0 Å². The lowest BCUT2D eigenvalue weighted by Gasteiger charge is -2.06. The van der Waals surface area contributed by atoms with Crippen molar-refractivity contribution in [3.8, 4) is 0 Å². The first kappa shape index (κ1) is 14.3. The van der Waals surface area contributed by atoms with E-state index in [1.165, 1.54) is 6.20 Å². The van der Waals surface area contributed by atoms with Gasteiger partial charge in [0.1, 0.15) is 5.82 Å². The number of sulfonamides is 1. The van der Waals surface area contributed by atoms with Crippen molar-refractivity contribution in [3.63, 3.8) is 0 Å². The Morgan fingerprint density at radius 3 is 2.53 bits per heavy atom. The van der Waals surface area contributed by atoms with Gasteiger partial charge in [-0.2, -0.15) is 0 Å². The molecule has 2 rings (SSSR count). The quantitative estimate of drug-likeness (QED) is 0.941. The third-order valence-corrected chi connectivity index (χ3v) is 4.10. The second-order valence-electron chi connectivity index (χ2n) is 4.05. The van der Waals surface area contributed by atoms with Crippen LogP contribution in [0.15, 0.2) is 29.4 Å². The number of halogens is 2. The maximum absolute atomic E-state index is 11.2. The standard InChI is InChI=1S/C11H11Cl2N3O2S/c1-7-15-11(19(14,17)18)6-16(7)5-8-2-3-9(12)10(13)4-8/h2-4,6H,5H2,1H3,(H2,14,17,18). The predicted octanol–water partition coefficient (Wildman–Crippen LogP) is 2.19. The molecule has 0 aliphatic rings. The number of benzene rings is 1. The van der Waals surface area contributed by atoms with Crippen molar-refractivity contribution >= 4 is 33.2 Å². The third-order valence-electron chi connectivity index (χ3n) is 2.58. The van der Waals surface area contributed by atoms with E-state index in [0.29, 0.717) is 22.4 Å². The Morgan fingerprint density at radius 2 is 2.00 bits per heavy atom. The number of hydrogen-bond donors (Lipinski definition) is 1. The molecule has 0 atom stereocenters. The van der Waals surface area contributed by atoms with E-state index in [4.69, 9.17) is 28.3 Å². The zero-order valence-corrected chi connectivity index (χ0v) is 12.3. The van der Waals surface area contributed by atoms with Crippen molar-refractivity contribution in [3.05, 3.63) is 45.8 Å². The second-order valence-corrected chi connectivity index (χ2v) is 6.37. The van der Waals surface area contributed by atoms with Crippen molar-refractivity contribution < 1.29 is 8.42 Å². The Hall–Kier alpha value is -1.08. The van der Waals surface area contributed by atoms with Gasteiger partial charge in [0.05, 0.1) is 10.0 Å². The maximum atomic E-state index is 11.2. The van der Waals surface area contributed by atoms with E-state index in [9.17, 15) is 8.42 Å². The van der Waals surface area contributed by atoms with Crippen LogP contribution in [0.4, 0.5) is 0 Å². The van der Waals surface area contributed by atoms with Crippen molar-refractivity contribution in [2.24, 2.45) is 5.14 Å². The minimum absolute atomic E-state index is 0.148. The third kappa shape index (κ3) is 3.27. The predicted molar refractivity (Wildman–Crippen MR) is 73.9 cm³/mol. The molecule has 0 aliphatic heterocycles. The van der Waals surface area contributed by atoms with Gasteiger partial charge in [0, 0.05) is 12.7 Å². The van der Waals surface area contributed by atoms with Crippen molar-refractivity contribution in [1.82, 2.24) is 9.55 Å². The Balaban J connectivity index is 2.33. The summed E-state index contributed by atoms with van der Waals surface area (Å²) in [6.07, 6.45) is 1.40. The summed E-state index contributed by atoms with van der Waals surface area (Å²) in [7, 11) is -3.79. The molecule has 5 nitrogen and oxygen atoms in total. The maximum Gasteiger partial charge on any atom is 0.257 e. The summed E-state index contributed by atoms with van der Waals surface area (Å²) in [5.41, 5.74) is 0.885. The van der Waals surface area contributed by atoms with Gasteiger partial charge < -0.3 is 4.57 Å². The summed E-state index contributed by atoms with van der Waals surface area (Å²) in [5, 5.41) is 5.80. The Bertz CT molecular complexity index is 726. The van der Waals surface area contributed by atoms with Crippen LogP contribution in [0.5, 0.6) is 0 Å². The molecule has 0 spiro atoms. The number of nitrogens with zero attached hydrogens (tertiary/aromatic N) is 2. The van der Waals surface area contributed by atoms with Crippen LogP contribution in [-0.2, 0) is 16.6 Å². The van der Waals surface area contributed by atoms with Gasteiger partial charge in [-0.05, 0) is 24.6 Å². The molecular weight excluding hydrogens is 309 g/mol. The normalized spacial score (nSPS) is 11.8. The molecule has 0 radical (unpaired) electrons. The van der Waals surface area contributed by atoms with E-state index in [1.54, 1.807) is 23.6 Å². The van der Waals surface area contributed by atoms with Gasteiger partial charge in [0.25, 0.3) is 10.0 Å². The van der Waals surface area contributed by atoms with E-state index >= 15 is 0 Å². The van der Waals surface area contributed by atoms with E-state index in [1.807, 2.05) is 6.07 Å². The Morgan fingerprint density at radius 1 is 1.32 bits per heavy atom. The lowest BCUT2D eigenvalue weighted by molar-refractivity contribution is 0.594. The summed E-state index contributed by atoms with van der Waals surface area (Å²) in [5.74, 6) is 0.551. The van der Waals surface area contributed by atoms with Crippen molar-refractivity contribution in [2.45, 2.75) is 18.5 Å². The van der Waals surface area contributed by atoms with Crippen LogP contribution < -0.4 is 5.14 Å². The number of primary sulfonamides is 1.